The predicted molar refractivity (Wildman–Crippen MR) is 156 cm³/mol. The summed E-state index contributed by atoms with van der Waals surface area (Å²) in [6.45, 7) is 9.04. The molecule has 1 aliphatic rings. The van der Waals surface area contributed by atoms with Gasteiger partial charge in [-0.15, -0.1) is 0 Å². The van der Waals surface area contributed by atoms with Gasteiger partial charge in [0.2, 0.25) is 0 Å². The number of aromatic nitrogens is 2. The van der Waals surface area contributed by atoms with E-state index in [0.717, 1.165) is 28.7 Å². The number of phenolic OH excluding ortho intramolecular Hbond substituents is 1. The summed E-state index contributed by atoms with van der Waals surface area (Å²) in [5, 5.41) is 19.1. The number of aromatic hydroxyl groups is 1. The van der Waals surface area contributed by atoms with Crippen molar-refractivity contribution in [3.05, 3.63) is 93.1 Å². The highest BCUT2D eigenvalue weighted by atomic mass is 35.5. The number of nitrogens with one attached hydrogen (secondary N) is 1. The summed E-state index contributed by atoms with van der Waals surface area (Å²) in [6, 6.07) is 16.5. The molecule has 40 heavy (non-hydrogen) atoms. The lowest BCUT2D eigenvalue weighted by atomic mass is 9.93. The first-order valence-electron chi connectivity index (χ1n) is 13.4. The van der Waals surface area contributed by atoms with Gasteiger partial charge in [-0.05, 0) is 72.7 Å². The highest BCUT2D eigenvalue weighted by Gasteiger charge is 2.43. The van der Waals surface area contributed by atoms with Gasteiger partial charge in [0.15, 0.2) is 11.5 Å². The maximum absolute atomic E-state index is 13.9. The summed E-state index contributed by atoms with van der Waals surface area (Å²) in [5.74, 6) is 1.67. The van der Waals surface area contributed by atoms with Crippen LogP contribution in [0.2, 0.25) is 5.02 Å². The van der Waals surface area contributed by atoms with Crippen molar-refractivity contribution < 1.29 is 19.4 Å². The van der Waals surface area contributed by atoms with E-state index in [1.807, 2.05) is 62.4 Å². The monoisotopic (exact) mass is 559 g/mol. The molecule has 0 aliphatic carbocycles. The van der Waals surface area contributed by atoms with Crippen LogP contribution in [0.3, 0.4) is 0 Å². The number of methoxy groups -OCH3 is 1. The Morgan fingerprint density at radius 3 is 2.58 bits per heavy atom. The first kappa shape index (κ1) is 27.6. The molecule has 7 nitrogen and oxygen atoms in total. The van der Waals surface area contributed by atoms with Crippen molar-refractivity contribution in [1.29, 1.82) is 0 Å². The molecule has 0 bridgehead atoms. The summed E-state index contributed by atoms with van der Waals surface area (Å²) in [7, 11) is 1.61. The molecule has 2 heterocycles. The topological polar surface area (TPSA) is 87.7 Å². The molecule has 0 spiro atoms. The van der Waals surface area contributed by atoms with E-state index < -0.39 is 6.04 Å². The average Bonchev–Trinajstić information content (AvgIpc) is 3.43. The minimum Gasteiger partial charge on any atom is -0.507 e. The Morgan fingerprint density at radius 2 is 1.88 bits per heavy atom. The highest BCUT2D eigenvalue weighted by molar-refractivity contribution is 6.31. The second kappa shape index (κ2) is 11.3. The normalized spacial score (nSPS) is 14.6. The van der Waals surface area contributed by atoms with Gasteiger partial charge in [-0.3, -0.25) is 9.89 Å². The molecular formula is C32H34ClN3O4. The average molecular weight is 560 g/mol. The van der Waals surface area contributed by atoms with Crippen LogP contribution >= 0.6 is 11.6 Å². The third-order valence-corrected chi connectivity index (χ3v) is 7.68. The second-order valence-corrected chi connectivity index (χ2v) is 11.1. The minimum atomic E-state index is -0.508. The molecule has 1 atom stereocenters. The fraction of sp³-hybridized carbons (Fsp3) is 0.312. The van der Waals surface area contributed by atoms with Crippen molar-refractivity contribution in [2.45, 2.75) is 46.7 Å². The van der Waals surface area contributed by atoms with Crippen LogP contribution in [0.25, 0.3) is 11.3 Å². The number of ether oxygens (including phenoxy) is 2. The second-order valence-electron chi connectivity index (χ2n) is 10.7. The summed E-state index contributed by atoms with van der Waals surface area (Å²) < 4.78 is 11.8. The number of amides is 1. The number of carbonyl (C=O) groups is 1. The van der Waals surface area contributed by atoms with Gasteiger partial charge in [0.05, 0.1) is 19.8 Å². The number of rotatable bonds is 9. The Kier molecular flexibility index (Phi) is 7.76. The van der Waals surface area contributed by atoms with Crippen LogP contribution in [0.5, 0.6) is 17.2 Å². The van der Waals surface area contributed by atoms with Gasteiger partial charge >= 0.3 is 0 Å². The molecule has 0 saturated carbocycles. The Bertz CT molecular complexity index is 1540. The van der Waals surface area contributed by atoms with E-state index in [1.54, 1.807) is 18.1 Å². The van der Waals surface area contributed by atoms with Gasteiger partial charge in [0, 0.05) is 22.7 Å². The number of fused-ring (bicyclic) bond motifs is 1. The SMILES string of the molecule is COc1cc(C2c3c(-c4c(C)cc(C)cc4O)n[nH]c3C(=O)N2Cc2ccccc2Cl)ccc1OCCC(C)C. The lowest BCUT2D eigenvalue weighted by molar-refractivity contribution is 0.0730. The number of hydrogen-bond acceptors (Lipinski definition) is 5. The molecule has 0 radical (unpaired) electrons. The van der Waals surface area contributed by atoms with E-state index >= 15 is 0 Å². The fourth-order valence-electron chi connectivity index (χ4n) is 5.34. The smallest absolute Gasteiger partial charge is 0.273 e. The largest absolute Gasteiger partial charge is 0.507 e. The molecule has 1 aromatic heterocycles. The Balaban J connectivity index is 1.64. The summed E-state index contributed by atoms with van der Waals surface area (Å²) in [6.07, 6.45) is 0.925. The van der Waals surface area contributed by atoms with Crippen molar-refractivity contribution >= 4 is 17.5 Å². The van der Waals surface area contributed by atoms with Gasteiger partial charge in [-0.2, -0.15) is 5.10 Å². The summed E-state index contributed by atoms with van der Waals surface area (Å²) >= 11 is 6.52. The Morgan fingerprint density at radius 1 is 1.10 bits per heavy atom. The van der Waals surface area contributed by atoms with Crippen LogP contribution in [0.1, 0.15) is 64.6 Å². The number of aryl methyl sites for hydroxylation is 2. The first-order chi connectivity index (χ1) is 19.2. The summed E-state index contributed by atoms with van der Waals surface area (Å²) in [5.41, 5.74) is 5.71. The molecule has 3 aromatic carbocycles. The van der Waals surface area contributed by atoms with E-state index in [0.29, 0.717) is 58.1 Å². The number of halogens is 1. The number of H-pyrrole nitrogens is 1. The molecule has 5 rings (SSSR count). The highest BCUT2D eigenvalue weighted by Crippen LogP contribution is 2.47. The van der Waals surface area contributed by atoms with Gasteiger partial charge < -0.3 is 19.5 Å². The molecule has 8 heteroatoms. The lowest BCUT2D eigenvalue weighted by Crippen LogP contribution is -2.29. The third-order valence-electron chi connectivity index (χ3n) is 7.31. The lowest BCUT2D eigenvalue weighted by Gasteiger charge is -2.27. The zero-order valence-corrected chi connectivity index (χ0v) is 24.2. The molecule has 1 unspecified atom stereocenters. The minimum absolute atomic E-state index is 0.119. The standard InChI is InChI=1S/C32H34ClN3O4/c1-18(2)12-13-40-25-11-10-21(16-26(25)39-5)31-28-29(27-20(4)14-19(3)15-24(27)37)34-35-30(28)32(38)36(31)17-22-8-6-7-9-23(22)33/h6-11,14-16,18,31,37H,12-13,17H2,1-5H3,(H,34,35). The van der Waals surface area contributed by atoms with Crippen molar-refractivity contribution in [1.82, 2.24) is 15.1 Å². The van der Waals surface area contributed by atoms with Gasteiger partial charge in [-0.1, -0.05) is 55.8 Å². The van der Waals surface area contributed by atoms with Gasteiger partial charge in [-0.25, -0.2) is 0 Å². The van der Waals surface area contributed by atoms with E-state index in [2.05, 4.69) is 24.0 Å². The third kappa shape index (κ3) is 5.13. The maximum atomic E-state index is 13.9. The van der Waals surface area contributed by atoms with Crippen molar-refractivity contribution in [3.63, 3.8) is 0 Å². The molecule has 1 amide bonds. The van der Waals surface area contributed by atoms with Crippen molar-refractivity contribution in [3.8, 4) is 28.5 Å². The number of aromatic amines is 1. The van der Waals surface area contributed by atoms with Crippen LogP contribution in [0, 0.1) is 19.8 Å². The fourth-order valence-corrected chi connectivity index (χ4v) is 5.53. The van der Waals surface area contributed by atoms with E-state index in [9.17, 15) is 9.90 Å². The quantitative estimate of drug-likeness (QED) is 0.226. The van der Waals surface area contributed by atoms with E-state index in [4.69, 9.17) is 21.1 Å². The zero-order chi connectivity index (χ0) is 28.6. The van der Waals surface area contributed by atoms with Gasteiger partial charge in [0.25, 0.3) is 5.91 Å². The van der Waals surface area contributed by atoms with Crippen LogP contribution in [0.4, 0.5) is 0 Å². The predicted octanol–water partition coefficient (Wildman–Crippen LogP) is 7.23. The van der Waals surface area contributed by atoms with E-state index in [1.165, 1.54) is 0 Å². The summed E-state index contributed by atoms with van der Waals surface area (Å²) in [4.78, 5) is 15.7. The number of nitrogens with zero attached hydrogens (tertiary/aromatic N) is 2. The van der Waals surface area contributed by atoms with Crippen LogP contribution < -0.4 is 9.47 Å². The molecule has 208 valence electrons. The molecule has 1 aliphatic heterocycles. The van der Waals surface area contributed by atoms with Crippen LogP contribution in [0.15, 0.2) is 54.6 Å². The molecule has 4 aromatic rings. The molecular weight excluding hydrogens is 526 g/mol. The van der Waals surface area contributed by atoms with E-state index in [-0.39, 0.29) is 11.7 Å². The van der Waals surface area contributed by atoms with Crippen molar-refractivity contribution in [2.24, 2.45) is 5.92 Å². The Labute approximate surface area is 239 Å². The number of carbonyl (C=O) groups excluding carboxylic acids is 1. The molecule has 0 saturated heterocycles. The van der Waals surface area contributed by atoms with Gasteiger partial charge in [0.1, 0.15) is 17.1 Å². The first-order valence-corrected chi connectivity index (χ1v) is 13.8. The number of phenols is 1. The van der Waals surface area contributed by atoms with Crippen LogP contribution in [-0.4, -0.2) is 39.8 Å². The van der Waals surface area contributed by atoms with Crippen molar-refractivity contribution in [2.75, 3.05) is 13.7 Å². The Hall–Kier alpha value is -3.97. The van der Waals surface area contributed by atoms with Crippen LogP contribution in [-0.2, 0) is 6.54 Å². The zero-order valence-electron chi connectivity index (χ0n) is 23.4. The molecule has 2 N–H and O–H groups in total. The number of hydrogen-bond donors (Lipinski definition) is 2. The number of benzene rings is 3. The molecule has 0 fully saturated rings. The maximum Gasteiger partial charge on any atom is 0.273 e.